The van der Waals surface area contributed by atoms with E-state index < -0.39 is 0 Å². The Morgan fingerprint density at radius 3 is 2.75 bits per heavy atom. The standard InChI is InChI=1S/C19H26N6.3CH4/c20-10-3-4-11-25(17-9-5-8-16-19(17)22-13-21-16)12-18-23-14-6-1-2-7-15(14)24-18;;;/h1-2,6-7,13,17H,3-5,8-12,20H2,(H,21,22)(H,23,24);3*1H4. The Morgan fingerprint density at radius 2 is 1.96 bits per heavy atom. The zero-order chi connectivity index (χ0) is 17.1. The minimum atomic E-state index is 0. The number of unbranched alkanes of at least 4 members (excludes halogenated alkanes) is 1. The SMILES string of the molecule is C.C.C.NCCCCN(Cc1nc2ccccc2[nH]1)C1CCCc2[nH]cnc21. The Labute approximate surface area is 170 Å². The molecule has 0 saturated carbocycles. The van der Waals surface area contributed by atoms with Crippen molar-refractivity contribution in [2.45, 2.75) is 67.0 Å². The molecule has 2 heterocycles. The van der Waals surface area contributed by atoms with Crippen LogP contribution in [0.25, 0.3) is 11.0 Å². The predicted molar refractivity (Wildman–Crippen MR) is 119 cm³/mol. The van der Waals surface area contributed by atoms with E-state index in [2.05, 4.69) is 32.0 Å². The summed E-state index contributed by atoms with van der Waals surface area (Å²) in [5.74, 6) is 1.02. The lowest BCUT2D eigenvalue weighted by molar-refractivity contribution is 0.160. The Hall–Kier alpha value is -2.18. The number of nitrogens with zero attached hydrogens (tertiary/aromatic N) is 3. The second-order valence-corrected chi connectivity index (χ2v) is 6.84. The summed E-state index contributed by atoms with van der Waals surface area (Å²) < 4.78 is 0. The Balaban J connectivity index is 0.00000131. The third-order valence-corrected chi connectivity index (χ3v) is 5.10. The number of aromatic amines is 2. The lowest BCUT2D eigenvalue weighted by Gasteiger charge is -2.33. The molecule has 2 aromatic heterocycles. The molecule has 28 heavy (non-hydrogen) atoms. The number of nitrogens with one attached hydrogen (secondary N) is 2. The van der Waals surface area contributed by atoms with Crippen molar-refractivity contribution in [1.82, 2.24) is 24.8 Å². The molecule has 0 radical (unpaired) electrons. The van der Waals surface area contributed by atoms with Crippen molar-refractivity contribution in [2.75, 3.05) is 13.1 Å². The molecule has 0 aliphatic heterocycles. The largest absolute Gasteiger partial charge is 0.348 e. The molecule has 3 aromatic rings. The topological polar surface area (TPSA) is 86.6 Å². The van der Waals surface area contributed by atoms with E-state index in [0.29, 0.717) is 6.04 Å². The quantitative estimate of drug-likeness (QED) is 0.508. The van der Waals surface area contributed by atoms with Gasteiger partial charge in [0.1, 0.15) is 5.82 Å². The Bertz CT molecular complexity index is 788. The van der Waals surface area contributed by atoms with Gasteiger partial charge in [-0.1, -0.05) is 34.4 Å². The third kappa shape index (κ3) is 5.00. The van der Waals surface area contributed by atoms with Crippen LogP contribution in [-0.2, 0) is 13.0 Å². The van der Waals surface area contributed by atoms with E-state index in [1.807, 2.05) is 18.5 Å². The van der Waals surface area contributed by atoms with Crippen LogP contribution in [0.15, 0.2) is 30.6 Å². The van der Waals surface area contributed by atoms with Crippen molar-refractivity contribution in [3.8, 4) is 0 Å². The molecule has 1 unspecified atom stereocenters. The van der Waals surface area contributed by atoms with E-state index in [4.69, 9.17) is 10.7 Å². The molecule has 0 fully saturated rings. The van der Waals surface area contributed by atoms with Crippen molar-refractivity contribution >= 4 is 11.0 Å². The first kappa shape index (κ1) is 23.9. The van der Waals surface area contributed by atoms with E-state index in [1.165, 1.54) is 17.8 Å². The highest BCUT2D eigenvalue weighted by atomic mass is 15.2. The Kier molecular flexibility index (Phi) is 9.35. The van der Waals surface area contributed by atoms with Gasteiger partial charge in [-0.15, -0.1) is 0 Å². The number of aromatic nitrogens is 4. The molecule has 1 aliphatic carbocycles. The van der Waals surface area contributed by atoms with Gasteiger partial charge in [-0.05, 0) is 57.3 Å². The molecule has 1 aliphatic rings. The van der Waals surface area contributed by atoms with Crippen molar-refractivity contribution in [3.05, 3.63) is 47.8 Å². The molecule has 0 bridgehead atoms. The number of hydrogen-bond acceptors (Lipinski definition) is 4. The summed E-state index contributed by atoms with van der Waals surface area (Å²) in [6.45, 7) is 2.58. The molecule has 1 aromatic carbocycles. The summed E-state index contributed by atoms with van der Waals surface area (Å²) in [5.41, 5.74) is 10.3. The van der Waals surface area contributed by atoms with Crippen molar-refractivity contribution in [3.63, 3.8) is 0 Å². The number of hydrogen-bond donors (Lipinski definition) is 3. The van der Waals surface area contributed by atoms with Gasteiger partial charge in [0.05, 0.1) is 35.6 Å². The fourth-order valence-corrected chi connectivity index (χ4v) is 3.86. The van der Waals surface area contributed by atoms with Crippen molar-refractivity contribution < 1.29 is 0 Å². The number of fused-ring (bicyclic) bond motifs is 2. The predicted octanol–water partition coefficient (Wildman–Crippen LogP) is 4.81. The van der Waals surface area contributed by atoms with Gasteiger partial charge in [0, 0.05) is 5.69 Å². The summed E-state index contributed by atoms with van der Waals surface area (Å²) in [7, 11) is 0. The monoisotopic (exact) mass is 386 g/mol. The molecule has 156 valence electrons. The van der Waals surface area contributed by atoms with Gasteiger partial charge >= 0.3 is 0 Å². The average Bonchev–Trinajstić information content (AvgIpc) is 3.26. The molecule has 0 saturated heterocycles. The highest BCUT2D eigenvalue weighted by Crippen LogP contribution is 2.33. The number of H-pyrrole nitrogens is 2. The Morgan fingerprint density at radius 1 is 1.14 bits per heavy atom. The van der Waals surface area contributed by atoms with Crippen LogP contribution in [0.1, 0.15) is 71.2 Å². The number of rotatable bonds is 7. The van der Waals surface area contributed by atoms with E-state index in [1.54, 1.807) is 0 Å². The van der Waals surface area contributed by atoms with Gasteiger partial charge in [-0.2, -0.15) is 0 Å². The number of benzene rings is 1. The molecule has 0 spiro atoms. The van der Waals surface area contributed by atoms with E-state index in [-0.39, 0.29) is 22.3 Å². The van der Waals surface area contributed by atoms with Gasteiger partial charge < -0.3 is 15.7 Å². The second kappa shape index (κ2) is 11.0. The van der Waals surface area contributed by atoms with Crippen LogP contribution in [0.3, 0.4) is 0 Å². The number of nitrogens with two attached hydrogens (primary N) is 1. The third-order valence-electron chi connectivity index (χ3n) is 5.10. The minimum absolute atomic E-state index is 0. The second-order valence-electron chi connectivity index (χ2n) is 6.84. The highest BCUT2D eigenvalue weighted by Gasteiger charge is 2.28. The van der Waals surface area contributed by atoms with Gasteiger partial charge in [0.25, 0.3) is 0 Å². The normalized spacial score (nSPS) is 15.4. The van der Waals surface area contributed by atoms with Crippen LogP contribution < -0.4 is 5.73 Å². The first-order chi connectivity index (χ1) is 12.3. The zero-order valence-electron chi connectivity index (χ0n) is 14.5. The van der Waals surface area contributed by atoms with E-state index >= 15 is 0 Å². The van der Waals surface area contributed by atoms with Crippen molar-refractivity contribution in [1.29, 1.82) is 0 Å². The first-order valence-corrected chi connectivity index (χ1v) is 9.25. The fourth-order valence-electron chi connectivity index (χ4n) is 3.86. The summed E-state index contributed by atoms with van der Waals surface area (Å²) in [5, 5.41) is 0. The molecular formula is C22H38N6. The molecule has 6 nitrogen and oxygen atoms in total. The lowest BCUT2D eigenvalue weighted by atomic mass is 9.94. The van der Waals surface area contributed by atoms with Crippen LogP contribution in [0.2, 0.25) is 0 Å². The van der Waals surface area contributed by atoms with Crippen LogP contribution in [0.4, 0.5) is 0 Å². The molecule has 0 amide bonds. The number of para-hydroxylation sites is 2. The molecule has 1 atom stereocenters. The maximum absolute atomic E-state index is 5.70. The van der Waals surface area contributed by atoms with E-state index in [0.717, 1.165) is 62.2 Å². The molecule has 4 rings (SSSR count). The summed E-state index contributed by atoms with van der Waals surface area (Å²) >= 11 is 0. The van der Waals surface area contributed by atoms with Gasteiger partial charge in [0.2, 0.25) is 0 Å². The molecule has 4 N–H and O–H groups in total. The van der Waals surface area contributed by atoms with Crippen LogP contribution in [-0.4, -0.2) is 37.9 Å². The maximum Gasteiger partial charge on any atom is 0.121 e. The van der Waals surface area contributed by atoms with Gasteiger partial charge in [-0.25, -0.2) is 9.97 Å². The molecule has 6 heteroatoms. The summed E-state index contributed by atoms with van der Waals surface area (Å²) in [6, 6.07) is 8.57. The number of imidazole rings is 2. The van der Waals surface area contributed by atoms with Crippen LogP contribution in [0, 0.1) is 0 Å². The molecular weight excluding hydrogens is 348 g/mol. The van der Waals surface area contributed by atoms with Gasteiger partial charge in [-0.3, -0.25) is 4.90 Å². The average molecular weight is 387 g/mol. The summed E-state index contributed by atoms with van der Waals surface area (Å²) in [6.07, 6.45) is 7.45. The smallest absolute Gasteiger partial charge is 0.121 e. The lowest BCUT2D eigenvalue weighted by Crippen LogP contribution is -2.32. The van der Waals surface area contributed by atoms with Crippen LogP contribution >= 0.6 is 0 Å². The van der Waals surface area contributed by atoms with Crippen molar-refractivity contribution in [2.24, 2.45) is 5.73 Å². The summed E-state index contributed by atoms with van der Waals surface area (Å²) in [4.78, 5) is 18.7. The van der Waals surface area contributed by atoms with Gasteiger partial charge in [0.15, 0.2) is 0 Å². The maximum atomic E-state index is 5.70. The van der Waals surface area contributed by atoms with Crippen LogP contribution in [0.5, 0.6) is 0 Å². The first-order valence-electron chi connectivity index (χ1n) is 9.25. The van der Waals surface area contributed by atoms with E-state index in [9.17, 15) is 0 Å². The zero-order valence-corrected chi connectivity index (χ0v) is 14.5. The minimum Gasteiger partial charge on any atom is -0.348 e. The highest BCUT2D eigenvalue weighted by molar-refractivity contribution is 5.74. The number of aryl methyl sites for hydroxylation is 1. The fraction of sp³-hybridized carbons (Fsp3) is 0.545.